The minimum absolute atomic E-state index is 0.176. The highest BCUT2D eigenvalue weighted by molar-refractivity contribution is 7.92. The van der Waals surface area contributed by atoms with Gasteiger partial charge >= 0.3 is 5.97 Å². The maximum absolute atomic E-state index is 13.2. The number of sulfonamides is 1. The summed E-state index contributed by atoms with van der Waals surface area (Å²) in [6.07, 6.45) is 9.02. The number of aliphatic hydroxyl groups is 1. The van der Waals surface area contributed by atoms with Crippen LogP contribution in [0.2, 0.25) is 0 Å². The van der Waals surface area contributed by atoms with Gasteiger partial charge in [0.1, 0.15) is 5.76 Å². The van der Waals surface area contributed by atoms with E-state index in [9.17, 15) is 28.4 Å². The van der Waals surface area contributed by atoms with Gasteiger partial charge < -0.3 is 9.84 Å². The van der Waals surface area contributed by atoms with Gasteiger partial charge in [0, 0.05) is 29.7 Å². The van der Waals surface area contributed by atoms with Gasteiger partial charge in [-0.15, -0.1) is 0 Å². The van der Waals surface area contributed by atoms with Crippen molar-refractivity contribution in [1.29, 1.82) is 0 Å². The number of nitrogens with one attached hydrogen (secondary N) is 1. The predicted octanol–water partition coefficient (Wildman–Crippen LogP) is 4.66. The molecular weight excluding hydrogens is 496 g/mol. The number of carbonyl (C=O) groups is 1. The number of hydrogen-bond acceptors (Lipinski definition) is 7. The molecule has 1 saturated carbocycles. The number of anilines is 1. The van der Waals surface area contributed by atoms with E-state index in [0.29, 0.717) is 12.2 Å². The Kier molecular flexibility index (Phi) is 6.87. The molecule has 10 heteroatoms. The third kappa shape index (κ3) is 5.30. The smallest absolute Gasteiger partial charge is 0.317 e. The summed E-state index contributed by atoms with van der Waals surface area (Å²) in [5.41, 5.74) is 0.680. The van der Waals surface area contributed by atoms with Gasteiger partial charge in [-0.2, -0.15) is 0 Å². The molecule has 2 aliphatic carbocycles. The van der Waals surface area contributed by atoms with Crippen molar-refractivity contribution in [3.63, 3.8) is 0 Å². The first kappa shape index (κ1) is 25.2. The monoisotopic (exact) mass is 524 g/mol. The van der Waals surface area contributed by atoms with Crippen molar-refractivity contribution in [3.8, 4) is 0 Å². The van der Waals surface area contributed by atoms with Crippen LogP contribution in [0, 0.1) is 27.9 Å². The van der Waals surface area contributed by atoms with E-state index in [-0.39, 0.29) is 34.0 Å². The molecule has 2 aromatic rings. The molecule has 1 heterocycles. The van der Waals surface area contributed by atoms with Crippen LogP contribution in [0.5, 0.6) is 0 Å². The molecule has 37 heavy (non-hydrogen) atoms. The quantitative estimate of drug-likeness (QED) is 0.305. The van der Waals surface area contributed by atoms with Gasteiger partial charge in [0.15, 0.2) is 0 Å². The molecule has 0 amide bonds. The Balaban J connectivity index is 1.44. The normalized spacial score (nSPS) is 24.6. The third-order valence-electron chi connectivity index (χ3n) is 7.30. The molecule has 1 aliphatic heterocycles. The number of aliphatic hydroxyl groups excluding tert-OH is 1. The SMILES string of the molecule is O=C1OC2=CC=CCCCC2C(O)C1C(c1cccc(NS(=O)(=O)c2cccc([N+](=O)[O-])c2)c1)C1CC1. The topological polar surface area (TPSA) is 136 Å². The Hall–Kier alpha value is -3.50. The van der Waals surface area contributed by atoms with E-state index in [1.54, 1.807) is 24.3 Å². The molecule has 0 spiro atoms. The molecule has 4 unspecified atom stereocenters. The second-order valence-corrected chi connectivity index (χ2v) is 11.5. The number of nitro groups is 1. The Bertz CT molecular complexity index is 1380. The number of allylic oxidation sites excluding steroid dienone is 3. The first-order valence-electron chi connectivity index (χ1n) is 12.4. The van der Waals surface area contributed by atoms with E-state index in [2.05, 4.69) is 4.72 Å². The van der Waals surface area contributed by atoms with Gasteiger partial charge in [-0.3, -0.25) is 19.6 Å². The number of esters is 1. The van der Waals surface area contributed by atoms with Crippen LogP contribution in [0.4, 0.5) is 11.4 Å². The van der Waals surface area contributed by atoms with Crippen molar-refractivity contribution in [2.45, 2.75) is 49.0 Å². The zero-order chi connectivity index (χ0) is 26.2. The van der Waals surface area contributed by atoms with Crippen LogP contribution in [0.3, 0.4) is 0 Å². The number of ether oxygens (including phenoxy) is 1. The standard InChI is InChI=1S/C27H28N2O7S/c30-26-22-11-3-1-2-4-12-23(22)36-27(31)25(26)24(17-13-14-17)18-7-5-8-19(15-18)28-37(34,35)21-10-6-9-20(16-21)29(32)33/h2,4-10,12,15-17,22,24-26,28,30H,1,3,11,13-14H2. The maximum atomic E-state index is 13.2. The van der Waals surface area contributed by atoms with E-state index in [1.165, 1.54) is 18.2 Å². The van der Waals surface area contributed by atoms with E-state index < -0.39 is 32.9 Å². The van der Waals surface area contributed by atoms with E-state index in [1.807, 2.05) is 18.2 Å². The van der Waals surface area contributed by atoms with Crippen LogP contribution in [0.1, 0.15) is 43.6 Å². The van der Waals surface area contributed by atoms with Crippen LogP contribution in [0.15, 0.2) is 77.4 Å². The van der Waals surface area contributed by atoms with Crippen molar-refractivity contribution in [3.05, 3.63) is 88.2 Å². The summed E-state index contributed by atoms with van der Waals surface area (Å²) < 4.78 is 34.2. The lowest BCUT2D eigenvalue weighted by Gasteiger charge is -2.39. The number of non-ortho nitro benzene ring substituents is 1. The van der Waals surface area contributed by atoms with Gasteiger partial charge in [0.25, 0.3) is 15.7 Å². The highest BCUT2D eigenvalue weighted by Gasteiger charge is 2.50. The van der Waals surface area contributed by atoms with Crippen LogP contribution in [0.25, 0.3) is 0 Å². The Morgan fingerprint density at radius 3 is 2.65 bits per heavy atom. The summed E-state index contributed by atoms with van der Waals surface area (Å²) in [5.74, 6) is -1.16. The van der Waals surface area contributed by atoms with Crippen LogP contribution in [-0.4, -0.2) is 30.5 Å². The molecular formula is C27H28N2O7S. The highest BCUT2D eigenvalue weighted by atomic mass is 32.2. The van der Waals surface area contributed by atoms with Gasteiger partial charge in [-0.05, 0) is 67.9 Å². The predicted molar refractivity (Wildman–Crippen MR) is 136 cm³/mol. The lowest BCUT2D eigenvalue weighted by atomic mass is 9.72. The van der Waals surface area contributed by atoms with E-state index >= 15 is 0 Å². The van der Waals surface area contributed by atoms with Crippen molar-refractivity contribution < 1.29 is 28.0 Å². The van der Waals surface area contributed by atoms with Crippen LogP contribution < -0.4 is 4.72 Å². The summed E-state index contributed by atoms with van der Waals surface area (Å²) in [5, 5.41) is 22.5. The van der Waals surface area contributed by atoms with Crippen molar-refractivity contribution in [2.75, 3.05) is 4.72 Å². The summed E-state index contributed by atoms with van der Waals surface area (Å²) in [6, 6.07) is 11.6. The average molecular weight is 525 g/mol. The lowest BCUT2D eigenvalue weighted by molar-refractivity contribution is -0.385. The molecule has 2 N–H and O–H groups in total. The number of rotatable bonds is 7. The molecule has 0 bridgehead atoms. The molecule has 0 radical (unpaired) electrons. The number of fused-ring (bicyclic) bond motifs is 1. The second kappa shape index (κ2) is 10.1. The second-order valence-electron chi connectivity index (χ2n) is 9.82. The minimum Gasteiger partial charge on any atom is -0.430 e. The molecule has 4 atom stereocenters. The van der Waals surface area contributed by atoms with Gasteiger partial charge in [-0.25, -0.2) is 8.42 Å². The number of nitrogens with zero attached hydrogens (tertiary/aromatic N) is 1. The van der Waals surface area contributed by atoms with E-state index in [4.69, 9.17) is 4.74 Å². The molecule has 3 aliphatic rings. The maximum Gasteiger partial charge on any atom is 0.317 e. The number of benzene rings is 2. The third-order valence-corrected chi connectivity index (χ3v) is 8.68. The Morgan fingerprint density at radius 2 is 1.89 bits per heavy atom. The lowest BCUT2D eigenvalue weighted by Crippen LogP contribution is -2.45. The molecule has 9 nitrogen and oxygen atoms in total. The molecule has 5 rings (SSSR count). The summed E-state index contributed by atoms with van der Waals surface area (Å²) >= 11 is 0. The summed E-state index contributed by atoms with van der Waals surface area (Å²) in [4.78, 5) is 23.4. The summed E-state index contributed by atoms with van der Waals surface area (Å²) in [6.45, 7) is 0. The first-order chi connectivity index (χ1) is 17.7. The van der Waals surface area contributed by atoms with Gasteiger partial charge in [-0.1, -0.05) is 30.4 Å². The molecule has 194 valence electrons. The van der Waals surface area contributed by atoms with Crippen molar-refractivity contribution >= 4 is 27.4 Å². The van der Waals surface area contributed by atoms with E-state index in [0.717, 1.165) is 37.3 Å². The molecule has 1 saturated heterocycles. The fourth-order valence-corrected chi connectivity index (χ4v) is 6.47. The number of carbonyl (C=O) groups excluding carboxylic acids is 1. The number of hydrogen-bond donors (Lipinski definition) is 2. The Morgan fingerprint density at radius 1 is 1.11 bits per heavy atom. The fourth-order valence-electron chi connectivity index (χ4n) is 5.38. The average Bonchev–Trinajstić information content (AvgIpc) is 3.68. The molecule has 2 fully saturated rings. The zero-order valence-electron chi connectivity index (χ0n) is 20.0. The first-order valence-corrected chi connectivity index (χ1v) is 13.9. The minimum atomic E-state index is -4.10. The van der Waals surface area contributed by atoms with Crippen molar-refractivity contribution in [1.82, 2.24) is 0 Å². The Labute approximate surface area is 215 Å². The highest BCUT2D eigenvalue weighted by Crippen LogP contribution is 2.51. The molecule has 2 aromatic carbocycles. The summed E-state index contributed by atoms with van der Waals surface area (Å²) in [7, 11) is -4.10. The largest absolute Gasteiger partial charge is 0.430 e. The molecule has 0 aromatic heterocycles. The fraction of sp³-hybridized carbons (Fsp3) is 0.370. The van der Waals surface area contributed by atoms with Gasteiger partial charge in [0.05, 0.1) is 21.8 Å². The van der Waals surface area contributed by atoms with Crippen LogP contribution >= 0.6 is 0 Å². The van der Waals surface area contributed by atoms with Crippen molar-refractivity contribution in [2.24, 2.45) is 17.8 Å². The van der Waals surface area contributed by atoms with Gasteiger partial charge in [0.2, 0.25) is 0 Å². The van der Waals surface area contributed by atoms with Crippen LogP contribution in [-0.2, 0) is 19.6 Å². The zero-order valence-corrected chi connectivity index (χ0v) is 20.8. The number of nitro benzene ring substituents is 1.